The van der Waals surface area contributed by atoms with Crippen LogP contribution in [0.5, 0.6) is 0 Å². The summed E-state index contributed by atoms with van der Waals surface area (Å²) in [5, 5.41) is 51.8. The molecule has 0 radical (unpaired) electrons. The second-order valence-electron chi connectivity index (χ2n) is 9.22. The van der Waals surface area contributed by atoms with Gasteiger partial charge in [0, 0.05) is 19.1 Å². The Kier molecular flexibility index (Phi) is 8.82. The molecule has 1 saturated heterocycles. The molecule has 14 unspecified atom stereocenters. The van der Waals surface area contributed by atoms with Crippen LogP contribution in [0, 0.1) is 5.92 Å². The fourth-order valence-corrected chi connectivity index (χ4v) is 4.83. The van der Waals surface area contributed by atoms with Crippen molar-refractivity contribution in [3.8, 4) is 0 Å². The minimum atomic E-state index is -1.39. The van der Waals surface area contributed by atoms with Gasteiger partial charge in [-0.25, -0.2) is 0 Å². The maximum atomic E-state index is 11.0. The van der Waals surface area contributed by atoms with Gasteiger partial charge in [-0.2, -0.15) is 0 Å². The zero-order valence-electron chi connectivity index (χ0n) is 18.0. The van der Waals surface area contributed by atoms with E-state index in [4.69, 9.17) is 42.9 Å². The van der Waals surface area contributed by atoms with Crippen LogP contribution in [0.4, 0.5) is 0 Å². The smallest absolute Gasteiger partial charge is 0.173 e. The lowest BCUT2D eigenvalue weighted by Gasteiger charge is -2.49. The van der Waals surface area contributed by atoms with Gasteiger partial charge < -0.3 is 68.4 Å². The minimum Gasteiger partial charge on any atom is -0.396 e. The number of hydrogen-bond acceptors (Lipinski definition) is 13. The number of hydrogen-bond donors (Lipinski definition) is 10. The normalized spacial score (nSPS) is 52.7. The number of nitrogens with two attached hydrogens (primary N) is 5. The Labute approximate surface area is 186 Å². The molecule has 3 fully saturated rings. The van der Waals surface area contributed by atoms with E-state index in [9.17, 15) is 25.5 Å². The molecule has 188 valence electrons. The summed E-state index contributed by atoms with van der Waals surface area (Å²) in [5.41, 5.74) is 29.9. The van der Waals surface area contributed by atoms with Crippen LogP contribution in [0.3, 0.4) is 0 Å². The lowest BCUT2D eigenvalue weighted by molar-refractivity contribution is -0.271. The van der Waals surface area contributed by atoms with E-state index in [2.05, 4.69) is 0 Å². The molecular weight excluding hydrogens is 426 g/mol. The third kappa shape index (κ3) is 5.10. The van der Waals surface area contributed by atoms with Gasteiger partial charge in [0.2, 0.25) is 0 Å². The molecule has 0 amide bonds. The first-order valence-electron chi connectivity index (χ1n) is 11.1. The number of rotatable bonds is 6. The molecule has 2 saturated carbocycles. The van der Waals surface area contributed by atoms with Crippen LogP contribution in [0.1, 0.15) is 19.3 Å². The lowest BCUT2D eigenvalue weighted by atomic mass is 9.78. The van der Waals surface area contributed by atoms with Crippen molar-refractivity contribution in [1.82, 2.24) is 0 Å². The van der Waals surface area contributed by atoms with Crippen molar-refractivity contribution in [3.05, 3.63) is 0 Å². The van der Waals surface area contributed by atoms with Crippen molar-refractivity contribution in [2.45, 2.75) is 98.6 Å². The molecule has 2 aliphatic carbocycles. The van der Waals surface area contributed by atoms with Gasteiger partial charge in [-0.3, -0.25) is 0 Å². The molecule has 3 rings (SSSR count). The van der Waals surface area contributed by atoms with Crippen LogP contribution in [0.15, 0.2) is 0 Å². The first-order valence-corrected chi connectivity index (χ1v) is 11.1. The first-order chi connectivity index (χ1) is 15.1. The van der Waals surface area contributed by atoms with E-state index in [1.165, 1.54) is 0 Å². The van der Waals surface area contributed by atoms with Crippen LogP contribution in [-0.4, -0.2) is 118 Å². The van der Waals surface area contributed by atoms with Crippen LogP contribution in [0.25, 0.3) is 0 Å². The topological polar surface area (TPSA) is 259 Å². The standard InChI is InChI=1S/C19H39N5O8/c20-4-7-1-2-8(21)19(30-7)32-18-12(24)15(28)11(23)17(16(18)29)31-9-3-6(5-25)13(26)10(22)14(9)27/h6-19,25-29H,1-5,20-24H2. The van der Waals surface area contributed by atoms with Crippen molar-refractivity contribution in [2.75, 3.05) is 13.2 Å². The molecule has 13 heteroatoms. The molecule has 1 heterocycles. The van der Waals surface area contributed by atoms with Crippen molar-refractivity contribution in [1.29, 1.82) is 0 Å². The summed E-state index contributed by atoms with van der Waals surface area (Å²) in [6.45, 7) is -0.0814. The van der Waals surface area contributed by atoms with E-state index in [1.807, 2.05) is 0 Å². The van der Waals surface area contributed by atoms with Gasteiger partial charge in [0.1, 0.15) is 18.3 Å². The summed E-state index contributed by atoms with van der Waals surface area (Å²) in [6.07, 6.45) is -8.14. The summed E-state index contributed by atoms with van der Waals surface area (Å²) in [6, 6.07) is -3.70. The molecule has 13 nitrogen and oxygen atoms in total. The summed E-state index contributed by atoms with van der Waals surface area (Å²) in [5.74, 6) is -0.628. The Hall–Kier alpha value is -0.520. The Morgan fingerprint density at radius 1 is 0.781 bits per heavy atom. The maximum absolute atomic E-state index is 11.0. The Balaban J connectivity index is 1.74. The zero-order chi connectivity index (χ0) is 23.7. The Bertz CT molecular complexity index is 606. The number of aliphatic hydroxyl groups excluding tert-OH is 5. The quantitative estimate of drug-likeness (QED) is 0.176. The third-order valence-corrected chi connectivity index (χ3v) is 7.03. The highest BCUT2D eigenvalue weighted by Crippen LogP contribution is 2.32. The SMILES string of the molecule is NCC1CCC(N)C(OC2C(N)C(O)C(N)C(OC3CC(CO)C(O)C(N)C3O)C2O)O1. The highest BCUT2D eigenvalue weighted by atomic mass is 16.7. The summed E-state index contributed by atoms with van der Waals surface area (Å²) in [7, 11) is 0. The van der Waals surface area contributed by atoms with E-state index in [-0.39, 0.29) is 25.7 Å². The molecule has 3 aliphatic rings. The average molecular weight is 466 g/mol. The fraction of sp³-hybridized carbons (Fsp3) is 1.00. The molecule has 0 bridgehead atoms. The molecule has 32 heavy (non-hydrogen) atoms. The van der Waals surface area contributed by atoms with Gasteiger partial charge >= 0.3 is 0 Å². The van der Waals surface area contributed by atoms with Crippen molar-refractivity contribution >= 4 is 0 Å². The predicted octanol–water partition coefficient (Wildman–Crippen LogP) is -5.63. The van der Waals surface area contributed by atoms with Crippen LogP contribution >= 0.6 is 0 Å². The summed E-state index contributed by atoms with van der Waals surface area (Å²) in [4.78, 5) is 0. The minimum absolute atomic E-state index is 0.0743. The van der Waals surface area contributed by atoms with Gasteiger partial charge in [0.15, 0.2) is 6.29 Å². The van der Waals surface area contributed by atoms with Gasteiger partial charge in [-0.05, 0) is 19.3 Å². The average Bonchev–Trinajstić information content (AvgIpc) is 2.79. The highest BCUT2D eigenvalue weighted by molar-refractivity contribution is 5.06. The second kappa shape index (κ2) is 10.8. The molecule has 0 spiro atoms. The zero-order valence-corrected chi connectivity index (χ0v) is 18.0. The van der Waals surface area contributed by atoms with Crippen LogP contribution < -0.4 is 28.7 Å². The van der Waals surface area contributed by atoms with E-state index in [1.54, 1.807) is 0 Å². The Morgan fingerprint density at radius 2 is 1.41 bits per heavy atom. The van der Waals surface area contributed by atoms with Gasteiger partial charge in [-0.1, -0.05) is 0 Å². The van der Waals surface area contributed by atoms with Gasteiger partial charge in [-0.15, -0.1) is 0 Å². The summed E-state index contributed by atoms with van der Waals surface area (Å²) < 4.78 is 17.6. The number of ether oxygens (including phenoxy) is 3. The molecule has 0 aromatic carbocycles. The van der Waals surface area contributed by atoms with Crippen molar-refractivity contribution in [3.63, 3.8) is 0 Å². The third-order valence-electron chi connectivity index (χ3n) is 7.03. The Morgan fingerprint density at radius 3 is 2.00 bits per heavy atom. The van der Waals surface area contributed by atoms with Crippen molar-refractivity contribution < 1.29 is 39.7 Å². The molecule has 0 aromatic heterocycles. The van der Waals surface area contributed by atoms with E-state index >= 15 is 0 Å². The second-order valence-corrected chi connectivity index (χ2v) is 9.22. The highest BCUT2D eigenvalue weighted by Gasteiger charge is 2.52. The first kappa shape index (κ1) is 26.1. The van der Waals surface area contributed by atoms with Crippen LogP contribution in [-0.2, 0) is 14.2 Å². The van der Waals surface area contributed by atoms with Crippen molar-refractivity contribution in [2.24, 2.45) is 34.6 Å². The molecule has 14 atom stereocenters. The molecule has 1 aliphatic heterocycles. The van der Waals surface area contributed by atoms with Crippen LogP contribution in [0.2, 0.25) is 0 Å². The molecular formula is C19H39N5O8. The van der Waals surface area contributed by atoms with E-state index < -0.39 is 79.1 Å². The van der Waals surface area contributed by atoms with E-state index in [0.717, 1.165) is 0 Å². The largest absolute Gasteiger partial charge is 0.396 e. The fourth-order valence-electron chi connectivity index (χ4n) is 4.83. The van der Waals surface area contributed by atoms with Gasteiger partial charge in [0.25, 0.3) is 0 Å². The monoisotopic (exact) mass is 465 g/mol. The molecule has 15 N–H and O–H groups in total. The lowest BCUT2D eigenvalue weighted by Crippen LogP contribution is -2.72. The van der Waals surface area contributed by atoms with E-state index in [0.29, 0.717) is 12.8 Å². The maximum Gasteiger partial charge on any atom is 0.173 e. The molecule has 0 aromatic rings. The number of aliphatic hydroxyl groups is 5. The summed E-state index contributed by atoms with van der Waals surface area (Å²) >= 11 is 0. The predicted molar refractivity (Wildman–Crippen MR) is 112 cm³/mol. The van der Waals surface area contributed by atoms with Gasteiger partial charge in [0.05, 0.1) is 54.7 Å².